The Labute approximate surface area is 211 Å². The lowest BCUT2D eigenvalue weighted by Crippen LogP contribution is -2.42. The van der Waals surface area contributed by atoms with Crippen molar-refractivity contribution in [1.82, 2.24) is 15.1 Å². The van der Waals surface area contributed by atoms with Crippen molar-refractivity contribution >= 4 is 29.9 Å². The molecule has 6 nitrogen and oxygen atoms in total. The number of hydrogen-bond donors (Lipinski definition) is 1. The van der Waals surface area contributed by atoms with Crippen LogP contribution in [0.25, 0.3) is 0 Å². The molecule has 1 aromatic carbocycles. The molecule has 1 saturated carbocycles. The number of likely N-dealkylation sites (N-methyl/N-ethyl adjacent to an activating group) is 1. The van der Waals surface area contributed by atoms with Gasteiger partial charge in [0, 0.05) is 45.4 Å². The van der Waals surface area contributed by atoms with Crippen LogP contribution in [0.3, 0.4) is 0 Å². The molecule has 2 aliphatic heterocycles. The quantitative estimate of drug-likeness (QED) is 0.297. The molecule has 0 bridgehead atoms. The van der Waals surface area contributed by atoms with Crippen molar-refractivity contribution in [2.24, 2.45) is 10.4 Å². The molecular weight excluding hydrogens is 515 g/mol. The Morgan fingerprint density at radius 2 is 2.09 bits per heavy atom. The fraction of sp³-hybridized carbons (Fsp3) is 0.720. The van der Waals surface area contributed by atoms with Crippen LogP contribution in [-0.2, 0) is 11.3 Å². The molecule has 1 aromatic rings. The highest BCUT2D eigenvalue weighted by atomic mass is 127. The highest BCUT2D eigenvalue weighted by Gasteiger charge is 2.43. The lowest BCUT2D eigenvalue weighted by molar-refractivity contribution is 0.0392. The minimum absolute atomic E-state index is 0. The Balaban J connectivity index is 0.00000289. The van der Waals surface area contributed by atoms with Crippen molar-refractivity contribution in [1.29, 1.82) is 0 Å². The maximum Gasteiger partial charge on any atom is 0.194 e. The van der Waals surface area contributed by atoms with Crippen LogP contribution >= 0.6 is 24.0 Å². The second kappa shape index (κ2) is 12.4. The number of ether oxygens (including phenoxy) is 2. The zero-order chi connectivity index (χ0) is 21.5. The SMILES string of the molecule is CCNC(=NCc1cccc(OCCN(C)C2CCOCC2)c1)N1CCC2(CCC2)C1.I. The molecule has 4 rings (SSSR count). The van der Waals surface area contributed by atoms with Gasteiger partial charge in [0.1, 0.15) is 12.4 Å². The molecule has 1 N–H and O–H groups in total. The predicted octanol–water partition coefficient (Wildman–Crippen LogP) is 4.14. The van der Waals surface area contributed by atoms with Gasteiger partial charge in [-0.2, -0.15) is 0 Å². The van der Waals surface area contributed by atoms with Crippen LogP contribution in [0.1, 0.15) is 51.0 Å². The predicted molar refractivity (Wildman–Crippen MR) is 141 cm³/mol. The van der Waals surface area contributed by atoms with E-state index < -0.39 is 0 Å². The number of guanidine groups is 1. The third-order valence-electron chi connectivity index (χ3n) is 7.32. The lowest BCUT2D eigenvalue weighted by Gasteiger charge is -2.38. The van der Waals surface area contributed by atoms with E-state index in [1.807, 2.05) is 6.07 Å². The summed E-state index contributed by atoms with van der Waals surface area (Å²) in [6.07, 6.45) is 7.76. The summed E-state index contributed by atoms with van der Waals surface area (Å²) in [4.78, 5) is 9.83. The lowest BCUT2D eigenvalue weighted by atomic mass is 9.68. The van der Waals surface area contributed by atoms with E-state index in [9.17, 15) is 0 Å². The van der Waals surface area contributed by atoms with Gasteiger partial charge in [-0.25, -0.2) is 4.99 Å². The van der Waals surface area contributed by atoms with E-state index in [1.54, 1.807) is 0 Å². The normalized spacial score (nSPS) is 20.8. The highest BCUT2D eigenvalue weighted by Crippen LogP contribution is 2.47. The molecule has 0 atom stereocenters. The molecule has 3 fully saturated rings. The molecular formula is C25H41IN4O2. The first kappa shape index (κ1) is 25.6. The Morgan fingerprint density at radius 3 is 2.78 bits per heavy atom. The van der Waals surface area contributed by atoms with E-state index in [4.69, 9.17) is 14.5 Å². The van der Waals surface area contributed by atoms with Crippen molar-refractivity contribution in [3.8, 4) is 5.75 Å². The standard InChI is InChI=1S/C25H40N4O2.HI/c1-3-26-24(29-13-12-25(20-29)10-5-11-25)27-19-21-6-4-7-23(18-21)31-17-14-28(2)22-8-15-30-16-9-22;/h4,6-7,18,22H,3,5,8-17,19-20H2,1-2H3,(H,26,27);1H. The van der Waals surface area contributed by atoms with Gasteiger partial charge in [0.05, 0.1) is 6.54 Å². The van der Waals surface area contributed by atoms with Gasteiger partial charge < -0.3 is 19.7 Å². The molecule has 3 aliphatic rings. The maximum absolute atomic E-state index is 6.06. The largest absolute Gasteiger partial charge is 0.492 e. The topological polar surface area (TPSA) is 49.3 Å². The van der Waals surface area contributed by atoms with E-state index >= 15 is 0 Å². The van der Waals surface area contributed by atoms with Crippen LogP contribution in [0.4, 0.5) is 0 Å². The zero-order valence-electron chi connectivity index (χ0n) is 19.9. The van der Waals surface area contributed by atoms with Crippen molar-refractivity contribution < 1.29 is 9.47 Å². The maximum atomic E-state index is 6.06. The van der Waals surface area contributed by atoms with Crippen LogP contribution in [-0.4, -0.2) is 74.8 Å². The van der Waals surface area contributed by atoms with Gasteiger partial charge in [0.15, 0.2) is 5.96 Å². The van der Waals surface area contributed by atoms with E-state index in [0.29, 0.717) is 24.6 Å². The molecule has 0 aromatic heterocycles. The second-order valence-corrected chi connectivity index (χ2v) is 9.52. The number of nitrogens with zero attached hydrogens (tertiary/aromatic N) is 3. The smallest absolute Gasteiger partial charge is 0.194 e. The van der Waals surface area contributed by atoms with Crippen molar-refractivity contribution in [3.63, 3.8) is 0 Å². The summed E-state index contributed by atoms with van der Waals surface area (Å²) in [5, 5.41) is 3.50. The first-order chi connectivity index (χ1) is 15.2. The summed E-state index contributed by atoms with van der Waals surface area (Å²) in [6, 6.07) is 9.03. The number of benzene rings is 1. The van der Waals surface area contributed by atoms with Gasteiger partial charge in [-0.15, -0.1) is 24.0 Å². The molecule has 180 valence electrons. The minimum atomic E-state index is 0. The van der Waals surface area contributed by atoms with Gasteiger partial charge in [0.25, 0.3) is 0 Å². The first-order valence-corrected chi connectivity index (χ1v) is 12.2. The Hall–Kier alpha value is -1.06. The van der Waals surface area contributed by atoms with E-state index in [2.05, 4.69) is 47.3 Å². The van der Waals surface area contributed by atoms with Gasteiger partial charge in [0.2, 0.25) is 0 Å². The fourth-order valence-electron chi connectivity index (χ4n) is 5.14. The van der Waals surface area contributed by atoms with Crippen molar-refractivity contribution in [2.75, 3.05) is 53.0 Å². The summed E-state index contributed by atoms with van der Waals surface area (Å²) >= 11 is 0. The number of halogens is 1. The molecule has 2 heterocycles. The fourth-order valence-corrected chi connectivity index (χ4v) is 5.14. The van der Waals surface area contributed by atoms with E-state index in [-0.39, 0.29) is 24.0 Å². The first-order valence-electron chi connectivity index (χ1n) is 12.2. The second-order valence-electron chi connectivity index (χ2n) is 9.52. The Morgan fingerprint density at radius 1 is 1.28 bits per heavy atom. The third kappa shape index (κ3) is 6.73. The number of likely N-dealkylation sites (tertiary alicyclic amines) is 1. The number of hydrogen-bond acceptors (Lipinski definition) is 4. The monoisotopic (exact) mass is 556 g/mol. The zero-order valence-corrected chi connectivity index (χ0v) is 22.2. The average molecular weight is 557 g/mol. The number of aliphatic imine (C=N–C) groups is 1. The molecule has 2 saturated heterocycles. The minimum Gasteiger partial charge on any atom is -0.492 e. The molecule has 1 aliphatic carbocycles. The molecule has 0 radical (unpaired) electrons. The van der Waals surface area contributed by atoms with Gasteiger partial charge in [-0.3, -0.25) is 4.90 Å². The molecule has 0 amide bonds. The van der Waals surface area contributed by atoms with Gasteiger partial charge >= 0.3 is 0 Å². The Bertz CT molecular complexity index is 734. The molecule has 7 heteroatoms. The van der Waals surface area contributed by atoms with Gasteiger partial charge in [-0.05, 0) is 69.2 Å². The van der Waals surface area contributed by atoms with Crippen LogP contribution in [0.5, 0.6) is 5.75 Å². The summed E-state index contributed by atoms with van der Waals surface area (Å²) in [6.45, 7) is 9.46. The molecule has 0 unspecified atom stereocenters. The summed E-state index contributed by atoms with van der Waals surface area (Å²) < 4.78 is 11.5. The average Bonchev–Trinajstić information content (AvgIpc) is 3.24. The molecule has 1 spiro atoms. The van der Waals surface area contributed by atoms with Gasteiger partial charge in [-0.1, -0.05) is 18.6 Å². The number of nitrogens with one attached hydrogen (secondary N) is 1. The van der Waals surface area contributed by atoms with Crippen molar-refractivity contribution in [2.45, 2.75) is 58.0 Å². The van der Waals surface area contributed by atoms with Crippen LogP contribution in [0.15, 0.2) is 29.3 Å². The highest BCUT2D eigenvalue weighted by molar-refractivity contribution is 14.0. The Kier molecular flexibility index (Phi) is 9.92. The summed E-state index contributed by atoms with van der Waals surface area (Å²) in [7, 11) is 2.19. The summed E-state index contributed by atoms with van der Waals surface area (Å²) in [5.41, 5.74) is 1.78. The summed E-state index contributed by atoms with van der Waals surface area (Å²) in [5.74, 6) is 2.00. The third-order valence-corrected chi connectivity index (χ3v) is 7.32. The van der Waals surface area contributed by atoms with Crippen LogP contribution < -0.4 is 10.1 Å². The van der Waals surface area contributed by atoms with E-state index in [0.717, 1.165) is 57.4 Å². The van der Waals surface area contributed by atoms with Crippen molar-refractivity contribution in [3.05, 3.63) is 29.8 Å². The van der Waals surface area contributed by atoms with E-state index in [1.165, 1.54) is 37.8 Å². The molecule has 32 heavy (non-hydrogen) atoms. The number of rotatable bonds is 8. The van der Waals surface area contributed by atoms with Crippen LogP contribution in [0.2, 0.25) is 0 Å². The van der Waals surface area contributed by atoms with Crippen LogP contribution in [0, 0.1) is 5.41 Å².